The second-order valence-electron chi connectivity index (χ2n) is 14.9. The van der Waals surface area contributed by atoms with Crippen LogP contribution in [-0.4, -0.2) is 4.57 Å². The number of hydrogen-bond donors (Lipinski definition) is 0. The fourth-order valence-corrected chi connectivity index (χ4v) is 8.82. The average molecular weight is 739 g/mol. The van der Waals surface area contributed by atoms with E-state index in [0.29, 0.717) is 0 Å². The van der Waals surface area contributed by atoms with Crippen LogP contribution in [0.5, 0.6) is 0 Å². The third kappa shape index (κ3) is 5.74. The molecule has 0 atom stereocenters. The molecule has 2 heteroatoms. The molecule has 0 aliphatic carbocycles. The lowest BCUT2D eigenvalue weighted by Gasteiger charge is -2.27. The van der Waals surface area contributed by atoms with Crippen molar-refractivity contribution in [2.45, 2.75) is 0 Å². The Labute approximate surface area is 338 Å². The normalized spacial score (nSPS) is 11.4. The largest absolute Gasteiger partial charge is 0.310 e. The molecular weight excluding hydrogens is 701 g/mol. The van der Waals surface area contributed by atoms with Crippen LogP contribution in [-0.2, 0) is 0 Å². The van der Waals surface area contributed by atoms with Crippen LogP contribution in [0.3, 0.4) is 0 Å². The number of benzene rings is 10. The van der Waals surface area contributed by atoms with Crippen molar-refractivity contribution in [2.24, 2.45) is 0 Å². The van der Waals surface area contributed by atoms with Crippen LogP contribution in [0.25, 0.3) is 82.4 Å². The maximum absolute atomic E-state index is 2.42. The van der Waals surface area contributed by atoms with Crippen LogP contribution < -0.4 is 4.90 Å². The summed E-state index contributed by atoms with van der Waals surface area (Å²) in [5, 5.41) is 7.45. The van der Waals surface area contributed by atoms with E-state index >= 15 is 0 Å². The third-order valence-electron chi connectivity index (χ3n) is 11.6. The summed E-state index contributed by atoms with van der Waals surface area (Å²) in [6.45, 7) is 0. The van der Waals surface area contributed by atoms with Gasteiger partial charge >= 0.3 is 0 Å². The molecule has 0 unspecified atom stereocenters. The van der Waals surface area contributed by atoms with Crippen molar-refractivity contribution < 1.29 is 0 Å². The lowest BCUT2D eigenvalue weighted by molar-refractivity contribution is 1.19. The van der Waals surface area contributed by atoms with Crippen molar-refractivity contribution in [1.29, 1.82) is 0 Å². The lowest BCUT2D eigenvalue weighted by Crippen LogP contribution is -2.10. The van der Waals surface area contributed by atoms with Gasteiger partial charge in [0.1, 0.15) is 0 Å². The van der Waals surface area contributed by atoms with Crippen molar-refractivity contribution >= 4 is 60.4 Å². The number of hydrogen-bond acceptors (Lipinski definition) is 1. The smallest absolute Gasteiger partial charge is 0.0619 e. The minimum atomic E-state index is 1.11. The molecule has 0 N–H and O–H groups in total. The summed E-state index contributed by atoms with van der Waals surface area (Å²) >= 11 is 0. The van der Waals surface area contributed by atoms with E-state index < -0.39 is 0 Å². The van der Waals surface area contributed by atoms with Gasteiger partial charge in [0.25, 0.3) is 0 Å². The molecule has 0 spiro atoms. The summed E-state index contributed by atoms with van der Waals surface area (Å²) in [7, 11) is 0. The predicted octanol–water partition coefficient (Wildman–Crippen LogP) is 15.6. The highest BCUT2D eigenvalue weighted by molar-refractivity contribution is 6.22. The summed E-state index contributed by atoms with van der Waals surface area (Å²) in [5.41, 5.74) is 14.2. The van der Waals surface area contributed by atoms with Crippen molar-refractivity contribution in [1.82, 2.24) is 4.57 Å². The van der Waals surface area contributed by atoms with Crippen LogP contribution >= 0.6 is 0 Å². The van der Waals surface area contributed by atoms with Crippen molar-refractivity contribution in [3.8, 4) is 39.1 Å². The van der Waals surface area contributed by atoms with E-state index in [1.807, 2.05) is 0 Å². The Kier molecular flexibility index (Phi) is 8.19. The Morgan fingerprint density at radius 3 is 1.47 bits per heavy atom. The molecular formula is C56H38N2. The highest BCUT2D eigenvalue weighted by Gasteiger charge is 2.19. The molecule has 0 aliphatic heterocycles. The molecule has 2 nitrogen and oxygen atoms in total. The molecule has 1 heterocycles. The molecule has 0 fully saturated rings. The summed E-state index contributed by atoms with van der Waals surface area (Å²) in [6, 6.07) is 83.5. The third-order valence-corrected chi connectivity index (χ3v) is 11.6. The Morgan fingerprint density at radius 2 is 0.793 bits per heavy atom. The fraction of sp³-hybridized carbons (Fsp3) is 0. The predicted molar refractivity (Wildman–Crippen MR) is 247 cm³/mol. The van der Waals surface area contributed by atoms with Crippen molar-refractivity contribution in [2.75, 3.05) is 4.90 Å². The number of nitrogens with zero attached hydrogens (tertiary/aromatic N) is 2. The number of aromatic nitrogens is 1. The van der Waals surface area contributed by atoms with E-state index in [4.69, 9.17) is 0 Å². The van der Waals surface area contributed by atoms with Crippen molar-refractivity contribution in [3.05, 3.63) is 231 Å². The minimum absolute atomic E-state index is 1.11. The van der Waals surface area contributed by atoms with E-state index in [1.54, 1.807) is 0 Å². The standard InChI is InChI=1S/C56H38N2/c1-3-14-39(15-4-1)41-30-34-46(35-31-41)57(54-25-13-17-43-16-7-8-20-48(43)54)47-36-32-42(33-37-47)40-26-28-44(29-27-40)52-38-53-50-22-11-12-24-55(50)58(45-18-5-2-6-19-45)56(53)51-23-10-9-21-49(51)52/h1-38H. The van der Waals surface area contributed by atoms with Crippen LogP contribution in [0.2, 0.25) is 0 Å². The van der Waals surface area contributed by atoms with Gasteiger partial charge in [0, 0.05) is 38.6 Å². The monoisotopic (exact) mass is 738 g/mol. The van der Waals surface area contributed by atoms with Gasteiger partial charge in [-0.1, -0.05) is 176 Å². The van der Waals surface area contributed by atoms with Gasteiger partial charge in [-0.05, 0) is 98.8 Å². The molecule has 11 aromatic rings. The molecule has 11 rings (SSSR count). The second kappa shape index (κ2) is 14.1. The van der Waals surface area contributed by atoms with Crippen LogP contribution in [0, 0.1) is 0 Å². The quantitative estimate of drug-likeness (QED) is 0.158. The van der Waals surface area contributed by atoms with Gasteiger partial charge in [-0.25, -0.2) is 0 Å². The van der Waals surface area contributed by atoms with Crippen molar-refractivity contribution in [3.63, 3.8) is 0 Å². The lowest BCUT2D eigenvalue weighted by atomic mass is 9.94. The highest BCUT2D eigenvalue weighted by Crippen LogP contribution is 2.43. The first-order chi connectivity index (χ1) is 28.8. The zero-order valence-corrected chi connectivity index (χ0v) is 31.8. The highest BCUT2D eigenvalue weighted by atomic mass is 15.1. The summed E-state index contributed by atoms with van der Waals surface area (Å²) in [4.78, 5) is 2.38. The van der Waals surface area contributed by atoms with Crippen LogP contribution in [0.15, 0.2) is 231 Å². The topological polar surface area (TPSA) is 8.17 Å². The van der Waals surface area contributed by atoms with Gasteiger partial charge in [-0.3, -0.25) is 0 Å². The Bertz CT molecular complexity index is 3230. The van der Waals surface area contributed by atoms with E-state index in [9.17, 15) is 0 Å². The van der Waals surface area contributed by atoms with Crippen LogP contribution in [0.4, 0.5) is 17.1 Å². The molecule has 1 aromatic heterocycles. The minimum Gasteiger partial charge on any atom is -0.310 e. The first kappa shape index (κ1) is 33.6. The van der Waals surface area contributed by atoms with Crippen LogP contribution in [0.1, 0.15) is 0 Å². The summed E-state index contributed by atoms with van der Waals surface area (Å²) in [5.74, 6) is 0. The number of anilines is 3. The molecule has 272 valence electrons. The number of para-hydroxylation sites is 2. The maximum Gasteiger partial charge on any atom is 0.0619 e. The summed E-state index contributed by atoms with van der Waals surface area (Å²) in [6.07, 6.45) is 0. The van der Waals surface area contributed by atoms with Gasteiger partial charge in [-0.15, -0.1) is 0 Å². The fourth-order valence-electron chi connectivity index (χ4n) is 8.82. The Balaban J connectivity index is 0.975. The van der Waals surface area contributed by atoms with Gasteiger partial charge in [-0.2, -0.15) is 0 Å². The van der Waals surface area contributed by atoms with Gasteiger partial charge in [0.2, 0.25) is 0 Å². The van der Waals surface area contributed by atoms with E-state index in [1.165, 1.54) is 82.4 Å². The van der Waals surface area contributed by atoms with Gasteiger partial charge in [0.05, 0.1) is 16.7 Å². The SMILES string of the molecule is c1ccc(-c2ccc(N(c3ccc(-c4ccc(-c5cc6c7ccccc7n(-c7ccccc7)c6c6ccccc56)cc4)cc3)c3cccc4ccccc34)cc2)cc1. The maximum atomic E-state index is 2.42. The zero-order chi connectivity index (χ0) is 38.4. The molecule has 0 saturated heterocycles. The second-order valence-corrected chi connectivity index (χ2v) is 14.9. The molecule has 0 radical (unpaired) electrons. The van der Waals surface area contributed by atoms with E-state index in [-0.39, 0.29) is 0 Å². The average Bonchev–Trinajstić information content (AvgIpc) is 3.65. The number of rotatable bonds is 7. The molecule has 0 aliphatic rings. The van der Waals surface area contributed by atoms with Gasteiger partial charge < -0.3 is 9.47 Å². The van der Waals surface area contributed by atoms with E-state index in [0.717, 1.165) is 17.1 Å². The molecule has 58 heavy (non-hydrogen) atoms. The molecule has 10 aromatic carbocycles. The first-order valence-electron chi connectivity index (χ1n) is 19.9. The Morgan fingerprint density at radius 1 is 0.310 bits per heavy atom. The van der Waals surface area contributed by atoms with Gasteiger partial charge in [0.15, 0.2) is 0 Å². The summed E-state index contributed by atoms with van der Waals surface area (Å²) < 4.78 is 2.42. The first-order valence-corrected chi connectivity index (χ1v) is 19.9. The van der Waals surface area contributed by atoms with E-state index in [2.05, 4.69) is 240 Å². The molecule has 0 amide bonds. The molecule has 0 bridgehead atoms. The Hall–Kier alpha value is -7.68. The molecule has 0 saturated carbocycles. The zero-order valence-electron chi connectivity index (χ0n) is 31.8. The number of fused-ring (bicyclic) bond motifs is 6.